The fourth-order valence-electron chi connectivity index (χ4n) is 3.97. The molecular weight excluding hydrogens is 406 g/mol. The van der Waals surface area contributed by atoms with Gasteiger partial charge in [0.2, 0.25) is 11.6 Å². The number of benzene rings is 2. The van der Waals surface area contributed by atoms with E-state index in [4.69, 9.17) is 0 Å². The van der Waals surface area contributed by atoms with Gasteiger partial charge in [-0.15, -0.1) is 0 Å². The summed E-state index contributed by atoms with van der Waals surface area (Å²) < 4.78 is 0. The summed E-state index contributed by atoms with van der Waals surface area (Å²) in [5, 5.41) is 14.0. The van der Waals surface area contributed by atoms with Gasteiger partial charge in [-0.2, -0.15) is 0 Å². The molecule has 0 radical (unpaired) electrons. The first-order valence-electron chi connectivity index (χ1n) is 10.6. The molecule has 0 saturated carbocycles. The van der Waals surface area contributed by atoms with Gasteiger partial charge < -0.3 is 9.80 Å². The second kappa shape index (κ2) is 9.61. The van der Waals surface area contributed by atoms with Gasteiger partial charge >= 0.3 is 5.69 Å². The number of piperidine rings is 1. The van der Waals surface area contributed by atoms with Crippen LogP contribution in [0.1, 0.15) is 12.8 Å². The Morgan fingerprint density at radius 2 is 1.56 bits per heavy atom. The Morgan fingerprint density at radius 1 is 1.00 bits per heavy atom. The van der Waals surface area contributed by atoms with Crippen molar-refractivity contribution in [2.45, 2.75) is 18.9 Å². The Labute approximate surface area is 187 Å². The third-order valence-electron chi connectivity index (χ3n) is 5.80. The maximum atomic E-state index is 12.2. The molecule has 0 spiro atoms. The SMILES string of the molecule is CN1CCC(N(C)c2ncnc(NN(c3ccccc3)c3ccccc3)c2[N+](=O)[O-])CC1. The van der Waals surface area contributed by atoms with Crippen LogP contribution in [0.5, 0.6) is 0 Å². The van der Waals surface area contributed by atoms with E-state index in [1.165, 1.54) is 6.33 Å². The first-order chi connectivity index (χ1) is 15.5. The van der Waals surface area contributed by atoms with Crippen LogP contribution in [0, 0.1) is 10.1 Å². The van der Waals surface area contributed by atoms with Crippen molar-refractivity contribution in [1.29, 1.82) is 0 Å². The van der Waals surface area contributed by atoms with Gasteiger partial charge in [-0.25, -0.2) is 9.97 Å². The van der Waals surface area contributed by atoms with E-state index in [1.807, 2.05) is 72.6 Å². The van der Waals surface area contributed by atoms with Crippen LogP contribution in [0.25, 0.3) is 0 Å². The number of para-hydroxylation sites is 2. The highest BCUT2D eigenvalue weighted by atomic mass is 16.6. The van der Waals surface area contributed by atoms with Crippen LogP contribution in [0.4, 0.5) is 28.7 Å². The molecule has 1 saturated heterocycles. The maximum absolute atomic E-state index is 12.2. The van der Waals surface area contributed by atoms with Crippen LogP contribution in [0.3, 0.4) is 0 Å². The zero-order valence-corrected chi connectivity index (χ0v) is 18.3. The minimum Gasteiger partial charge on any atom is -0.351 e. The van der Waals surface area contributed by atoms with Crippen molar-refractivity contribution in [2.75, 3.05) is 42.5 Å². The minimum absolute atomic E-state index is 0.134. The average molecular weight is 434 g/mol. The molecule has 0 atom stereocenters. The summed E-state index contributed by atoms with van der Waals surface area (Å²) >= 11 is 0. The molecule has 1 fully saturated rings. The Hall–Kier alpha value is -3.72. The van der Waals surface area contributed by atoms with E-state index < -0.39 is 4.92 Å². The van der Waals surface area contributed by atoms with Gasteiger partial charge in [0.15, 0.2) is 0 Å². The number of hydrazine groups is 1. The highest BCUT2D eigenvalue weighted by molar-refractivity contribution is 5.75. The second-order valence-electron chi connectivity index (χ2n) is 7.92. The molecule has 9 nitrogen and oxygen atoms in total. The van der Waals surface area contributed by atoms with E-state index in [1.54, 1.807) is 5.01 Å². The van der Waals surface area contributed by atoms with Crippen molar-refractivity contribution >= 4 is 28.7 Å². The molecule has 2 aromatic carbocycles. The number of aromatic nitrogens is 2. The summed E-state index contributed by atoms with van der Waals surface area (Å²) in [4.78, 5) is 24.5. The van der Waals surface area contributed by atoms with E-state index in [0.717, 1.165) is 37.3 Å². The fourth-order valence-corrected chi connectivity index (χ4v) is 3.97. The van der Waals surface area contributed by atoms with Gasteiger partial charge in [0.05, 0.1) is 16.3 Å². The molecule has 4 rings (SSSR count). The van der Waals surface area contributed by atoms with Crippen LogP contribution < -0.4 is 15.3 Å². The Kier molecular flexibility index (Phi) is 6.46. The molecule has 166 valence electrons. The zero-order valence-electron chi connectivity index (χ0n) is 18.3. The molecule has 2 heterocycles. The fraction of sp³-hybridized carbons (Fsp3) is 0.304. The standard InChI is InChI=1S/C23H27N7O2/c1-27-15-13-18(14-16-27)28(2)23-21(30(31)32)22(24-17-25-23)26-29(19-9-5-3-6-10-19)20-11-7-4-8-12-20/h3-12,17-18H,13-16H2,1-2H3,(H,24,25,26). The second-order valence-corrected chi connectivity index (χ2v) is 7.92. The lowest BCUT2D eigenvalue weighted by Crippen LogP contribution is -2.42. The van der Waals surface area contributed by atoms with E-state index >= 15 is 0 Å². The number of nitrogens with zero attached hydrogens (tertiary/aromatic N) is 6. The number of likely N-dealkylation sites (tertiary alicyclic amines) is 1. The first-order valence-corrected chi connectivity index (χ1v) is 10.6. The van der Waals surface area contributed by atoms with Crippen LogP contribution in [0.15, 0.2) is 67.0 Å². The van der Waals surface area contributed by atoms with Crippen LogP contribution in [0.2, 0.25) is 0 Å². The van der Waals surface area contributed by atoms with Crippen molar-refractivity contribution in [3.63, 3.8) is 0 Å². The largest absolute Gasteiger partial charge is 0.355 e. The first kappa shape index (κ1) is 21.5. The summed E-state index contributed by atoms with van der Waals surface area (Å²) in [6.07, 6.45) is 3.23. The predicted octanol–water partition coefficient (Wildman–Crippen LogP) is 4.08. The normalized spacial score (nSPS) is 14.7. The van der Waals surface area contributed by atoms with Crippen molar-refractivity contribution in [2.24, 2.45) is 0 Å². The summed E-state index contributed by atoms with van der Waals surface area (Å²) in [6, 6.07) is 19.4. The molecule has 0 unspecified atom stereocenters. The van der Waals surface area contributed by atoms with Gasteiger partial charge in [0.25, 0.3) is 0 Å². The Bertz CT molecular complexity index is 1000. The Morgan fingerprint density at radius 3 is 2.09 bits per heavy atom. The molecule has 3 aromatic rings. The van der Waals surface area contributed by atoms with Gasteiger partial charge in [0.1, 0.15) is 6.33 Å². The van der Waals surface area contributed by atoms with Gasteiger partial charge in [-0.1, -0.05) is 36.4 Å². The predicted molar refractivity (Wildman–Crippen MR) is 126 cm³/mol. The highest BCUT2D eigenvalue weighted by Crippen LogP contribution is 2.35. The van der Waals surface area contributed by atoms with Crippen LogP contribution in [-0.2, 0) is 0 Å². The molecule has 0 aliphatic carbocycles. The van der Waals surface area contributed by atoms with Crippen molar-refractivity contribution < 1.29 is 4.92 Å². The molecule has 0 amide bonds. The molecule has 1 aliphatic rings. The topological polar surface area (TPSA) is 90.7 Å². The van der Waals surface area contributed by atoms with E-state index in [2.05, 4.69) is 27.3 Å². The number of hydrogen-bond donors (Lipinski definition) is 1. The van der Waals surface area contributed by atoms with E-state index in [-0.39, 0.29) is 17.5 Å². The third-order valence-corrected chi connectivity index (χ3v) is 5.80. The molecule has 9 heteroatoms. The number of anilines is 4. The Balaban J connectivity index is 1.71. The van der Waals surface area contributed by atoms with Crippen molar-refractivity contribution in [3.05, 3.63) is 77.1 Å². The van der Waals surface area contributed by atoms with Crippen molar-refractivity contribution in [1.82, 2.24) is 14.9 Å². The molecule has 1 N–H and O–H groups in total. The number of hydrogen-bond acceptors (Lipinski definition) is 8. The van der Waals surface area contributed by atoms with E-state index in [9.17, 15) is 10.1 Å². The van der Waals surface area contributed by atoms with Gasteiger partial charge in [0, 0.05) is 13.1 Å². The monoisotopic (exact) mass is 433 g/mol. The number of rotatable bonds is 7. The average Bonchev–Trinajstić information content (AvgIpc) is 2.83. The lowest BCUT2D eigenvalue weighted by molar-refractivity contribution is -0.383. The highest BCUT2D eigenvalue weighted by Gasteiger charge is 2.31. The third kappa shape index (κ3) is 4.62. The zero-order chi connectivity index (χ0) is 22.5. The van der Waals surface area contributed by atoms with Gasteiger partial charge in [-0.3, -0.25) is 20.5 Å². The number of nitrogens with one attached hydrogen (secondary N) is 1. The van der Waals surface area contributed by atoms with Crippen molar-refractivity contribution in [3.8, 4) is 0 Å². The van der Waals surface area contributed by atoms with E-state index in [0.29, 0.717) is 5.82 Å². The van der Waals surface area contributed by atoms with Gasteiger partial charge in [-0.05, 0) is 57.2 Å². The molecule has 1 aliphatic heterocycles. The molecule has 32 heavy (non-hydrogen) atoms. The summed E-state index contributed by atoms with van der Waals surface area (Å²) in [7, 11) is 3.97. The van der Waals surface area contributed by atoms with Crippen LogP contribution >= 0.6 is 0 Å². The smallest absolute Gasteiger partial charge is 0.351 e. The molecular formula is C23H27N7O2. The van der Waals surface area contributed by atoms with Crippen LogP contribution in [-0.4, -0.2) is 53.0 Å². The molecule has 0 bridgehead atoms. The lowest BCUT2D eigenvalue weighted by atomic mass is 10.0. The minimum atomic E-state index is -0.405. The quantitative estimate of drug-likeness (QED) is 0.440. The summed E-state index contributed by atoms with van der Waals surface area (Å²) in [5.74, 6) is 0.468. The maximum Gasteiger partial charge on any atom is 0.355 e. The lowest BCUT2D eigenvalue weighted by Gasteiger charge is -2.35. The molecule has 1 aromatic heterocycles. The number of nitro groups is 1. The summed E-state index contributed by atoms with van der Waals surface area (Å²) in [5.41, 5.74) is 4.70. The summed E-state index contributed by atoms with van der Waals surface area (Å²) in [6.45, 7) is 1.91.